The van der Waals surface area contributed by atoms with Gasteiger partial charge in [0.15, 0.2) is 0 Å². The molecule has 0 amide bonds. The number of ether oxygens (including phenoxy) is 1. The number of aryl methyl sites for hydroxylation is 1. The van der Waals surface area contributed by atoms with E-state index in [0.29, 0.717) is 0 Å². The lowest BCUT2D eigenvalue weighted by Crippen LogP contribution is -2.12. The lowest BCUT2D eigenvalue weighted by molar-refractivity contribution is 0.0601. The summed E-state index contributed by atoms with van der Waals surface area (Å²) in [6.07, 6.45) is 6.30. The van der Waals surface area contributed by atoms with Crippen LogP contribution in [0.25, 0.3) is 10.9 Å². The minimum absolute atomic E-state index is 0.214. The molecule has 0 bridgehead atoms. The summed E-state index contributed by atoms with van der Waals surface area (Å²) >= 11 is 0. The van der Waals surface area contributed by atoms with Crippen LogP contribution in [-0.2, 0) is 17.6 Å². The van der Waals surface area contributed by atoms with E-state index >= 15 is 0 Å². The van der Waals surface area contributed by atoms with Gasteiger partial charge in [-0.2, -0.15) is 0 Å². The zero-order valence-corrected chi connectivity index (χ0v) is 9.88. The van der Waals surface area contributed by atoms with Gasteiger partial charge in [-0.15, -0.1) is 0 Å². The molecule has 0 radical (unpaired) electrons. The predicted octanol–water partition coefficient (Wildman–Crippen LogP) is 2.83. The van der Waals surface area contributed by atoms with Gasteiger partial charge in [0.1, 0.15) is 0 Å². The average Bonchev–Trinajstić information content (AvgIpc) is 2.82. The van der Waals surface area contributed by atoms with Crippen molar-refractivity contribution >= 4 is 16.9 Å². The molecule has 0 aliphatic heterocycles. The SMILES string of the molecule is COC(=O)c1c2c(cc3[nH]ccc13)CCCC2. The summed E-state index contributed by atoms with van der Waals surface area (Å²) in [6.45, 7) is 0. The highest BCUT2D eigenvalue weighted by molar-refractivity contribution is 6.05. The van der Waals surface area contributed by atoms with E-state index in [0.717, 1.165) is 35.7 Å². The number of aromatic amines is 1. The van der Waals surface area contributed by atoms with Gasteiger partial charge in [-0.25, -0.2) is 4.79 Å². The molecule has 3 heteroatoms. The second-order valence-electron chi connectivity index (χ2n) is 4.53. The number of rotatable bonds is 1. The van der Waals surface area contributed by atoms with Crippen molar-refractivity contribution in [1.82, 2.24) is 4.98 Å². The summed E-state index contributed by atoms with van der Waals surface area (Å²) in [5, 5.41) is 0.984. The quantitative estimate of drug-likeness (QED) is 0.764. The molecular formula is C14H15NO2. The smallest absolute Gasteiger partial charge is 0.338 e. The Hall–Kier alpha value is -1.77. The van der Waals surface area contributed by atoms with Gasteiger partial charge in [0.2, 0.25) is 0 Å². The summed E-state index contributed by atoms with van der Waals surface area (Å²) < 4.78 is 4.93. The largest absolute Gasteiger partial charge is 0.465 e. The fourth-order valence-electron chi connectivity index (χ4n) is 2.77. The second kappa shape index (κ2) is 3.91. The molecule has 3 nitrogen and oxygen atoms in total. The number of hydrogen-bond donors (Lipinski definition) is 1. The monoisotopic (exact) mass is 229 g/mol. The number of methoxy groups -OCH3 is 1. The number of esters is 1. The van der Waals surface area contributed by atoms with Crippen LogP contribution in [0.2, 0.25) is 0 Å². The maximum absolute atomic E-state index is 12.0. The van der Waals surface area contributed by atoms with Crippen LogP contribution < -0.4 is 0 Å². The molecule has 0 spiro atoms. The van der Waals surface area contributed by atoms with Crippen LogP contribution in [0, 0.1) is 0 Å². The van der Waals surface area contributed by atoms with Crippen molar-refractivity contribution in [2.75, 3.05) is 7.11 Å². The average molecular weight is 229 g/mol. The minimum atomic E-state index is -0.214. The topological polar surface area (TPSA) is 42.1 Å². The van der Waals surface area contributed by atoms with Gasteiger partial charge in [-0.3, -0.25) is 0 Å². The predicted molar refractivity (Wildman–Crippen MR) is 66.3 cm³/mol. The Labute approximate surface area is 99.8 Å². The molecule has 3 rings (SSSR count). The van der Waals surface area contributed by atoms with Gasteiger partial charge in [-0.05, 0) is 48.9 Å². The number of hydrogen-bond acceptors (Lipinski definition) is 2. The zero-order valence-electron chi connectivity index (χ0n) is 9.88. The van der Waals surface area contributed by atoms with Crippen LogP contribution >= 0.6 is 0 Å². The van der Waals surface area contributed by atoms with Crippen LogP contribution in [0.4, 0.5) is 0 Å². The highest BCUT2D eigenvalue weighted by atomic mass is 16.5. The van der Waals surface area contributed by atoms with Gasteiger partial charge in [0.05, 0.1) is 12.7 Å². The van der Waals surface area contributed by atoms with E-state index in [2.05, 4.69) is 11.1 Å². The Morgan fingerprint density at radius 3 is 3.00 bits per heavy atom. The standard InChI is InChI=1S/C14H15NO2/c1-17-14(16)13-10-5-3-2-4-9(10)8-12-11(13)6-7-15-12/h6-8,15H,2-5H2,1H3. The van der Waals surface area contributed by atoms with Crippen molar-refractivity contribution in [3.63, 3.8) is 0 Å². The van der Waals surface area contributed by atoms with E-state index in [1.807, 2.05) is 12.3 Å². The Bertz CT molecular complexity index is 583. The van der Waals surface area contributed by atoms with Crippen molar-refractivity contribution < 1.29 is 9.53 Å². The normalized spacial score (nSPS) is 14.6. The summed E-state index contributed by atoms with van der Waals surface area (Å²) in [5.74, 6) is -0.214. The van der Waals surface area contributed by atoms with Crippen LogP contribution in [0.15, 0.2) is 18.3 Å². The maximum Gasteiger partial charge on any atom is 0.338 e. The molecule has 88 valence electrons. The molecule has 17 heavy (non-hydrogen) atoms. The van der Waals surface area contributed by atoms with E-state index in [-0.39, 0.29) is 5.97 Å². The van der Waals surface area contributed by atoms with E-state index < -0.39 is 0 Å². The number of fused-ring (bicyclic) bond motifs is 2. The van der Waals surface area contributed by atoms with Crippen molar-refractivity contribution in [3.05, 3.63) is 35.0 Å². The molecule has 0 atom stereocenters. The third kappa shape index (κ3) is 1.54. The molecule has 1 aliphatic carbocycles. The Morgan fingerprint density at radius 2 is 2.18 bits per heavy atom. The summed E-state index contributed by atoms with van der Waals surface area (Å²) in [7, 11) is 1.45. The lowest BCUT2D eigenvalue weighted by Gasteiger charge is -2.19. The third-order valence-corrected chi connectivity index (χ3v) is 3.57. The highest BCUT2D eigenvalue weighted by Gasteiger charge is 2.22. The summed E-state index contributed by atoms with van der Waals surface area (Å²) in [6, 6.07) is 4.13. The maximum atomic E-state index is 12.0. The van der Waals surface area contributed by atoms with Crippen LogP contribution in [0.1, 0.15) is 34.3 Å². The molecule has 0 saturated carbocycles. The molecule has 2 aromatic rings. The van der Waals surface area contributed by atoms with Gasteiger partial charge in [-0.1, -0.05) is 0 Å². The Morgan fingerprint density at radius 1 is 1.35 bits per heavy atom. The molecule has 0 fully saturated rings. The second-order valence-corrected chi connectivity index (χ2v) is 4.53. The minimum Gasteiger partial charge on any atom is -0.465 e. The van der Waals surface area contributed by atoms with E-state index in [4.69, 9.17) is 4.74 Å². The van der Waals surface area contributed by atoms with Gasteiger partial charge < -0.3 is 9.72 Å². The number of aromatic nitrogens is 1. The fourth-order valence-corrected chi connectivity index (χ4v) is 2.77. The molecule has 1 aliphatic rings. The van der Waals surface area contributed by atoms with Crippen LogP contribution in [-0.4, -0.2) is 18.1 Å². The van der Waals surface area contributed by atoms with Gasteiger partial charge >= 0.3 is 5.97 Å². The Balaban J connectivity index is 2.33. The summed E-state index contributed by atoms with van der Waals surface area (Å²) in [4.78, 5) is 15.1. The molecule has 0 unspecified atom stereocenters. The van der Waals surface area contributed by atoms with Crippen molar-refractivity contribution in [2.24, 2.45) is 0 Å². The first-order valence-electron chi connectivity index (χ1n) is 6.01. The van der Waals surface area contributed by atoms with Crippen molar-refractivity contribution in [2.45, 2.75) is 25.7 Å². The van der Waals surface area contributed by atoms with Crippen LogP contribution in [0.3, 0.4) is 0 Å². The molecule has 1 N–H and O–H groups in total. The molecule has 1 heterocycles. The van der Waals surface area contributed by atoms with E-state index in [1.54, 1.807) is 0 Å². The fraction of sp³-hybridized carbons (Fsp3) is 0.357. The zero-order chi connectivity index (χ0) is 11.8. The van der Waals surface area contributed by atoms with Crippen LogP contribution in [0.5, 0.6) is 0 Å². The first-order valence-corrected chi connectivity index (χ1v) is 6.01. The highest BCUT2D eigenvalue weighted by Crippen LogP contribution is 2.31. The number of benzene rings is 1. The molecule has 1 aromatic heterocycles. The number of carbonyl (C=O) groups is 1. The number of carbonyl (C=O) groups excluding carboxylic acids is 1. The first kappa shape index (κ1) is 10.4. The summed E-state index contributed by atoms with van der Waals surface area (Å²) in [5.41, 5.74) is 4.29. The van der Waals surface area contributed by atoms with Gasteiger partial charge in [0.25, 0.3) is 0 Å². The number of nitrogens with one attached hydrogen (secondary N) is 1. The van der Waals surface area contributed by atoms with E-state index in [1.165, 1.54) is 24.7 Å². The third-order valence-electron chi connectivity index (χ3n) is 3.57. The molecule has 1 aromatic carbocycles. The number of H-pyrrole nitrogens is 1. The molecular weight excluding hydrogens is 214 g/mol. The lowest BCUT2D eigenvalue weighted by atomic mass is 9.86. The molecule has 0 saturated heterocycles. The van der Waals surface area contributed by atoms with Gasteiger partial charge in [0, 0.05) is 17.1 Å². The Kier molecular flexibility index (Phi) is 2.39. The first-order chi connectivity index (χ1) is 8.31. The van der Waals surface area contributed by atoms with Crippen molar-refractivity contribution in [1.29, 1.82) is 0 Å². The van der Waals surface area contributed by atoms with Crippen molar-refractivity contribution in [3.8, 4) is 0 Å². The van der Waals surface area contributed by atoms with E-state index in [9.17, 15) is 4.79 Å².